The summed E-state index contributed by atoms with van der Waals surface area (Å²) in [7, 11) is 1.62. The van der Waals surface area contributed by atoms with Gasteiger partial charge in [0.15, 0.2) is 5.82 Å². The quantitative estimate of drug-likeness (QED) is 0.897. The second-order valence-corrected chi connectivity index (χ2v) is 5.27. The zero-order chi connectivity index (χ0) is 13.9. The Kier molecular flexibility index (Phi) is 3.69. The number of methoxy groups -OCH3 is 1. The van der Waals surface area contributed by atoms with Crippen molar-refractivity contribution in [2.75, 3.05) is 12.4 Å². The molecule has 0 unspecified atom stereocenters. The number of nitrogens with zero attached hydrogens (tertiary/aromatic N) is 2. The van der Waals surface area contributed by atoms with Gasteiger partial charge in [-0.1, -0.05) is 25.0 Å². The summed E-state index contributed by atoms with van der Waals surface area (Å²) in [5, 5.41) is 3.42. The first-order chi connectivity index (χ1) is 9.78. The van der Waals surface area contributed by atoms with Crippen molar-refractivity contribution in [2.45, 2.75) is 37.8 Å². The fraction of sp³-hybridized carbons (Fsp3) is 0.467. The maximum atomic E-state index is 6.18. The lowest BCUT2D eigenvalue weighted by Crippen LogP contribution is -2.42. The van der Waals surface area contributed by atoms with Crippen molar-refractivity contribution in [3.05, 3.63) is 24.3 Å². The lowest BCUT2D eigenvalue weighted by molar-refractivity contribution is 0.387. The van der Waals surface area contributed by atoms with Crippen LogP contribution in [-0.4, -0.2) is 29.2 Å². The molecule has 1 aliphatic rings. The molecular formula is C15H20N4O. The molecule has 1 aromatic carbocycles. The minimum absolute atomic E-state index is 0.168. The summed E-state index contributed by atoms with van der Waals surface area (Å²) >= 11 is 0. The molecule has 0 aliphatic heterocycles. The molecule has 0 amide bonds. The van der Waals surface area contributed by atoms with Gasteiger partial charge in [0.1, 0.15) is 0 Å². The minimum atomic E-state index is 0.168. The molecule has 3 rings (SSSR count). The van der Waals surface area contributed by atoms with Gasteiger partial charge in [0, 0.05) is 12.1 Å². The second kappa shape index (κ2) is 5.63. The third-order valence-corrected chi connectivity index (χ3v) is 3.87. The number of nitrogens with one attached hydrogen (secondary N) is 1. The Bertz CT molecular complexity index is 601. The molecule has 0 saturated heterocycles. The number of aromatic nitrogens is 2. The molecule has 1 saturated carbocycles. The maximum absolute atomic E-state index is 6.18. The van der Waals surface area contributed by atoms with E-state index in [0.29, 0.717) is 11.7 Å². The summed E-state index contributed by atoms with van der Waals surface area (Å²) in [6.07, 6.45) is 4.54. The van der Waals surface area contributed by atoms with E-state index in [9.17, 15) is 0 Å². The highest BCUT2D eigenvalue weighted by Gasteiger charge is 2.23. The van der Waals surface area contributed by atoms with Crippen molar-refractivity contribution in [3.8, 4) is 5.88 Å². The van der Waals surface area contributed by atoms with Crippen molar-refractivity contribution >= 4 is 16.9 Å². The molecule has 5 nitrogen and oxygen atoms in total. The van der Waals surface area contributed by atoms with Crippen LogP contribution in [0.25, 0.3) is 11.0 Å². The van der Waals surface area contributed by atoms with E-state index < -0.39 is 0 Å². The molecule has 1 aromatic heterocycles. The third kappa shape index (κ3) is 2.54. The number of rotatable bonds is 3. The number of hydrogen-bond acceptors (Lipinski definition) is 5. The van der Waals surface area contributed by atoms with Gasteiger partial charge in [-0.3, -0.25) is 0 Å². The zero-order valence-corrected chi connectivity index (χ0v) is 11.7. The van der Waals surface area contributed by atoms with Crippen LogP contribution < -0.4 is 15.8 Å². The largest absolute Gasteiger partial charge is 0.478 e. The highest BCUT2D eigenvalue weighted by Crippen LogP contribution is 2.27. The van der Waals surface area contributed by atoms with Gasteiger partial charge in [0.2, 0.25) is 0 Å². The lowest BCUT2D eigenvalue weighted by Gasteiger charge is -2.30. The van der Waals surface area contributed by atoms with E-state index in [-0.39, 0.29) is 12.1 Å². The Hall–Kier alpha value is -1.88. The number of para-hydroxylation sites is 2. The molecule has 3 N–H and O–H groups in total. The average Bonchev–Trinajstić information content (AvgIpc) is 2.49. The van der Waals surface area contributed by atoms with Crippen LogP contribution in [0.15, 0.2) is 24.3 Å². The summed E-state index contributed by atoms with van der Waals surface area (Å²) in [6, 6.07) is 8.20. The molecule has 0 spiro atoms. The molecule has 106 valence electrons. The van der Waals surface area contributed by atoms with Gasteiger partial charge in [0.05, 0.1) is 18.1 Å². The van der Waals surface area contributed by atoms with E-state index in [2.05, 4.69) is 15.3 Å². The SMILES string of the molecule is COc1nc2ccccc2nc1N[C@@H]1CCCC[C@@H]1N. The predicted octanol–water partition coefficient (Wildman–Crippen LogP) is 2.32. The highest BCUT2D eigenvalue weighted by atomic mass is 16.5. The molecule has 2 aromatic rings. The first kappa shape index (κ1) is 13.1. The minimum Gasteiger partial charge on any atom is -0.478 e. The molecular weight excluding hydrogens is 252 g/mol. The molecule has 2 atom stereocenters. The Morgan fingerprint density at radius 1 is 1.15 bits per heavy atom. The van der Waals surface area contributed by atoms with E-state index in [1.165, 1.54) is 12.8 Å². The number of hydrogen-bond donors (Lipinski definition) is 2. The van der Waals surface area contributed by atoms with Crippen molar-refractivity contribution in [1.82, 2.24) is 9.97 Å². The average molecular weight is 272 g/mol. The summed E-state index contributed by atoms with van der Waals surface area (Å²) < 4.78 is 5.35. The van der Waals surface area contributed by atoms with Crippen LogP contribution >= 0.6 is 0 Å². The first-order valence-corrected chi connectivity index (χ1v) is 7.11. The van der Waals surface area contributed by atoms with Crippen molar-refractivity contribution < 1.29 is 4.74 Å². The van der Waals surface area contributed by atoms with Crippen LogP contribution in [0, 0.1) is 0 Å². The Labute approximate surface area is 118 Å². The molecule has 5 heteroatoms. The van der Waals surface area contributed by atoms with Crippen molar-refractivity contribution in [3.63, 3.8) is 0 Å². The fourth-order valence-corrected chi connectivity index (χ4v) is 2.73. The Morgan fingerprint density at radius 2 is 1.85 bits per heavy atom. The van der Waals surface area contributed by atoms with Gasteiger partial charge in [-0.15, -0.1) is 0 Å². The second-order valence-electron chi connectivity index (χ2n) is 5.27. The summed E-state index contributed by atoms with van der Waals surface area (Å²) in [6.45, 7) is 0. The van der Waals surface area contributed by atoms with Gasteiger partial charge >= 0.3 is 0 Å². The van der Waals surface area contributed by atoms with Gasteiger partial charge in [0.25, 0.3) is 5.88 Å². The van der Waals surface area contributed by atoms with E-state index in [1.54, 1.807) is 7.11 Å². The lowest BCUT2D eigenvalue weighted by atomic mass is 9.91. The fourth-order valence-electron chi connectivity index (χ4n) is 2.73. The van der Waals surface area contributed by atoms with Crippen LogP contribution in [-0.2, 0) is 0 Å². The normalized spacial score (nSPS) is 22.7. The zero-order valence-electron chi connectivity index (χ0n) is 11.7. The third-order valence-electron chi connectivity index (χ3n) is 3.87. The number of nitrogens with two attached hydrogens (primary N) is 1. The summed E-state index contributed by atoms with van der Waals surface area (Å²) in [4.78, 5) is 9.12. The molecule has 0 bridgehead atoms. The van der Waals surface area contributed by atoms with Crippen molar-refractivity contribution in [2.24, 2.45) is 5.73 Å². The number of anilines is 1. The van der Waals surface area contributed by atoms with E-state index in [0.717, 1.165) is 23.9 Å². The van der Waals surface area contributed by atoms with Crippen LogP contribution in [0.2, 0.25) is 0 Å². The van der Waals surface area contributed by atoms with Gasteiger partial charge < -0.3 is 15.8 Å². The van der Waals surface area contributed by atoms with Crippen LogP contribution in [0.3, 0.4) is 0 Å². The van der Waals surface area contributed by atoms with Crippen LogP contribution in [0.4, 0.5) is 5.82 Å². The molecule has 0 radical (unpaired) electrons. The van der Waals surface area contributed by atoms with E-state index >= 15 is 0 Å². The monoisotopic (exact) mass is 272 g/mol. The maximum Gasteiger partial charge on any atom is 0.257 e. The molecule has 1 aliphatic carbocycles. The number of ether oxygens (including phenoxy) is 1. The van der Waals surface area contributed by atoms with Crippen LogP contribution in [0.5, 0.6) is 5.88 Å². The standard InChI is InChI=1S/C15H20N4O/c1-20-15-14(17-11-7-3-2-6-10(11)16)18-12-8-4-5-9-13(12)19-15/h4-5,8-11H,2-3,6-7,16H2,1H3,(H,17,18)/t10-,11+/m0/s1. The summed E-state index contributed by atoms with van der Waals surface area (Å²) in [5.74, 6) is 1.22. The number of fused-ring (bicyclic) bond motifs is 1. The van der Waals surface area contributed by atoms with Crippen molar-refractivity contribution in [1.29, 1.82) is 0 Å². The molecule has 1 fully saturated rings. The highest BCUT2D eigenvalue weighted by molar-refractivity contribution is 5.77. The van der Waals surface area contributed by atoms with Gasteiger partial charge in [-0.25, -0.2) is 9.97 Å². The smallest absolute Gasteiger partial charge is 0.257 e. The number of benzene rings is 1. The van der Waals surface area contributed by atoms with E-state index in [1.807, 2.05) is 24.3 Å². The van der Waals surface area contributed by atoms with Gasteiger partial charge in [-0.2, -0.15) is 0 Å². The summed E-state index contributed by atoms with van der Waals surface area (Å²) in [5.41, 5.74) is 7.88. The Balaban J connectivity index is 1.92. The van der Waals surface area contributed by atoms with E-state index in [4.69, 9.17) is 10.5 Å². The van der Waals surface area contributed by atoms with Crippen LogP contribution in [0.1, 0.15) is 25.7 Å². The predicted molar refractivity (Wildman–Crippen MR) is 79.9 cm³/mol. The molecule has 20 heavy (non-hydrogen) atoms. The topological polar surface area (TPSA) is 73.1 Å². The van der Waals surface area contributed by atoms with Gasteiger partial charge in [-0.05, 0) is 25.0 Å². The first-order valence-electron chi connectivity index (χ1n) is 7.11. The Morgan fingerprint density at radius 3 is 2.55 bits per heavy atom. The molecule has 1 heterocycles.